The van der Waals surface area contributed by atoms with Gasteiger partial charge in [0.1, 0.15) is 23.7 Å². The van der Waals surface area contributed by atoms with E-state index >= 15 is 0 Å². The molecule has 0 spiro atoms. The summed E-state index contributed by atoms with van der Waals surface area (Å²) in [4.78, 5) is 11.8. The van der Waals surface area contributed by atoms with Crippen molar-refractivity contribution in [2.45, 2.75) is 53.1 Å². The van der Waals surface area contributed by atoms with E-state index in [1.807, 2.05) is 31.2 Å². The zero-order valence-electron chi connectivity index (χ0n) is 17.1. The van der Waals surface area contributed by atoms with Crippen LogP contribution >= 0.6 is 0 Å². The molecule has 3 rings (SSSR count). The number of hydrogen-bond donors (Lipinski definition) is 0. The maximum atomic E-state index is 11.8. The van der Waals surface area contributed by atoms with Gasteiger partial charge in [-0.3, -0.25) is 4.79 Å². The Morgan fingerprint density at radius 1 is 1.11 bits per heavy atom. The number of hydrogen-bond acceptors (Lipinski definition) is 4. The summed E-state index contributed by atoms with van der Waals surface area (Å²) < 4.78 is 17.2. The number of furan rings is 1. The molecule has 0 saturated heterocycles. The molecule has 4 nitrogen and oxygen atoms in total. The lowest BCUT2D eigenvalue weighted by molar-refractivity contribution is -0.142. The number of para-hydroxylation sites is 1. The van der Waals surface area contributed by atoms with E-state index in [0.29, 0.717) is 24.9 Å². The van der Waals surface area contributed by atoms with Crippen molar-refractivity contribution >= 4 is 16.9 Å². The van der Waals surface area contributed by atoms with Crippen molar-refractivity contribution in [1.82, 2.24) is 0 Å². The van der Waals surface area contributed by atoms with Crippen LogP contribution in [0.15, 0.2) is 46.9 Å². The summed E-state index contributed by atoms with van der Waals surface area (Å²) in [6.07, 6.45) is 1.08. The largest absolute Gasteiger partial charge is 0.489 e. The van der Waals surface area contributed by atoms with Crippen LogP contribution in [0, 0.1) is 0 Å². The van der Waals surface area contributed by atoms with Gasteiger partial charge in [-0.25, -0.2) is 0 Å². The summed E-state index contributed by atoms with van der Waals surface area (Å²) >= 11 is 0. The molecule has 28 heavy (non-hydrogen) atoms. The molecule has 0 fully saturated rings. The van der Waals surface area contributed by atoms with E-state index in [9.17, 15) is 4.79 Å². The van der Waals surface area contributed by atoms with Crippen molar-refractivity contribution in [1.29, 1.82) is 0 Å². The van der Waals surface area contributed by atoms with Crippen LogP contribution in [-0.2, 0) is 29.0 Å². The lowest BCUT2D eigenvalue weighted by atomic mass is 9.98. The lowest BCUT2D eigenvalue weighted by Crippen LogP contribution is -2.09. The SMILES string of the molecule is CCOC(=O)Cc1ccccc1OCc1cc(C(C)C)c2oc(CC)cc2c1. The van der Waals surface area contributed by atoms with Gasteiger partial charge in [0.05, 0.1) is 13.0 Å². The van der Waals surface area contributed by atoms with Gasteiger partial charge in [0, 0.05) is 17.4 Å². The monoisotopic (exact) mass is 380 g/mol. The molecular formula is C24H28O4. The summed E-state index contributed by atoms with van der Waals surface area (Å²) in [5.74, 6) is 1.82. The smallest absolute Gasteiger partial charge is 0.310 e. The molecule has 3 aromatic rings. The molecule has 0 amide bonds. The molecule has 0 radical (unpaired) electrons. The van der Waals surface area contributed by atoms with Crippen molar-refractivity contribution in [3.05, 3.63) is 64.9 Å². The second-order valence-corrected chi connectivity index (χ2v) is 7.20. The third-order valence-electron chi connectivity index (χ3n) is 4.73. The van der Waals surface area contributed by atoms with E-state index in [0.717, 1.165) is 34.3 Å². The van der Waals surface area contributed by atoms with Crippen LogP contribution in [0.1, 0.15) is 56.1 Å². The molecule has 0 unspecified atom stereocenters. The van der Waals surface area contributed by atoms with Crippen LogP contribution in [0.5, 0.6) is 5.75 Å². The van der Waals surface area contributed by atoms with Crippen LogP contribution in [0.3, 0.4) is 0 Å². The molecule has 0 aliphatic rings. The number of aryl methyl sites for hydroxylation is 1. The first-order chi connectivity index (χ1) is 13.5. The minimum atomic E-state index is -0.243. The van der Waals surface area contributed by atoms with Gasteiger partial charge in [0.15, 0.2) is 0 Å². The fraction of sp³-hybridized carbons (Fsp3) is 0.375. The zero-order valence-corrected chi connectivity index (χ0v) is 17.1. The van der Waals surface area contributed by atoms with Gasteiger partial charge in [0.2, 0.25) is 0 Å². The number of esters is 1. The van der Waals surface area contributed by atoms with Gasteiger partial charge in [-0.2, -0.15) is 0 Å². The lowest BCUT2D eigenvalue weighted by Gasteiger charge is -2.13. The molecule has 0 aliphatic heterocycles. The Morgan fingerprint density at radius 3 is 2.61 bits per heavy atom. The summed E-state index contributed by atoms with van der Waals surface area (Å²) in [6, 6.07) is 14.0. The summed E-state index contributed by atoms with van der Waals surface area (Å²) in [5, 5.41) is 1.11. The van der Waals surface area contributed by atoms with E-state index in [1.54, 1.807) is 0 Å². The summed E-state index contributed by atoms with van der Waals surface area (Å²) in [6.45, 7) is 9.05. The molecule has 0 atom stereocenters. The summed E-state index contributed by atoms with van der Waals surface area (Å²) in [7, 11) is 0. The molecule has 2 aromatic carbocycles. The van der Waals surface area contributed by atoms with Crippen LogP contribution in [-0.4, -0.2) is 12.6 Å². The predicted molar refractivity (Wildman–Crippen MR) is 111 cm³/mol. The zero-order chi connectivity index (χ0) is 20.1. The van der Waals surface area contributed by atoms with Crippen LogP contribution in [0.25, 0.3) is 11.0 Å². The van der Waals surface area contributed by atoms with Crippen LogP contribution in [0.2, 0.25) is 0 Å². The Kier molecular flexibility index (Phi) is 6.40. The van der Waals surface area contributed by atoms with Gasteiger partial charge in [0.25, 0.3) is 0 Å². The van der Waals surface area contributed by atoms with Crippen molar-refractivity contribution in [2.75, 3.05) is 6.61 Å². The number of benzene rings is 2. The molecular weight excluding hydrogens is 352 g/mol. The second-order valence-electron chi connectivity index (χ2n) is 7.20. The number of ether oxygens (including phenoxy) is 2. The van der Waals surface area contributed by atoms with E-state index in [2.05, 4.69) is 39.0 Å². The first-order valence-electron chi connectivity index (χ1n) is 9.93. The average Bonchev–Trinajstić information content (AvgIpc) is 3.10. The highest BCUT2D eigenvalue weighted by Crippen LogP contribution is 2.31. The van der Waals surface area contributed by atoms with Gasteiger partial charge >= 0.3 is 5.97 Å². The Hall–Kier alpha value is -2.75. The van der Waals surface area contributed by atoms with Crippen LogP contribution in [0.4, 0.5) is 0 Å². The number of carbonyl (C=O) groups excluding carboxylic acids is 1. The first-order valence-corrected chi connectivity index (χ1v) is 9.93. The Bertz CT molecular complexity index is 952. The minimum Gasteiger partial charge on any atom is -0.489 e. The standard InChI is InChI=1S/C24H28O4/c1-5-20-13-19-11-17(12-21(16(3)4)24(19)28-20)15-27-22-10-8-7-9-18(22)14-23(25)26-6-2/h7-13,16H,5-6,14-15H2,1-4H3. The third kappa shape index (κ3) is 4.56. The normalized spacial score (nSPS) is 11.2. The molecule has 0 saturated carbocycles. The molecule has 0 aliphatic carbocycles. The predicted octanol–water partition coefficient (Wildman–Crippen LogP) is 5.80. The topological polar surface area (TPSA) is 48.7 Å². The molecule has 1 heterocycles. The minimum absolute atomic E-state index is 0.210. The van der Waals surface area contributed by atoms with Crippen molar-refractivity contribution in [3.63, 3.8) is 0 Å². The summed E-state index contributed by atoms with van der Waals surface area (Å²) in [5.41, 5.74) is 4.09. The van der Waals surface area contributed by atoms with Crippen LogP contribution < -0.4 is 4.74 Å². The highest BCUT2D eigenvalue weighted by molar-refractivity contribution is 5.82. The second kappa shape index (κ2) is 8.96. The maximum absolute atomic E-state index is 11.8. The quantitative estimate of drug-likeness (QED) is 0.463. The van der Waals surface area contributed by atoms with E-state index in [-0.39, 0.29) is 12.4 Å². The Balaban J connectivity index is 1.83. The maximum Gasteiger partial charge on any atom is 0.310 e. The fourth-order valence-electron chi connectivity index (χ4n) is 3.30. The van der Waals surface area contributed by atoms with E-state index in [4.69, 9.17) is 13.9 Å². The molecule has 148 valence electrons. The molecule has 0 N–H and O–H groups in total. The van der Waals surface area contributed by atoms with E-state index < -0.39 is 0 Å². The van der Waals surface area contributed by atoms with E-state index in [1.165, 1.54) is 5.56 Å². The number of carbonyl (C=O) groups is 1. The van der Waals surface area contributed by atoms with Gasteiger partial charge in [-0.05, 0) is 48.2 Å². The highest BCUT2D eigenvalue weighted by Gasteiger charge is 2.14. The average molecular weight is 380 g/mol. The third-order valence-corrected chi connectivity index (χ3v) is 4.73. The first kappa shape index (κ1) is 20.0. The fourth-order valence-corrected chi connectivity index (χ4v) is 3.30. The highest BCUT2D eigenvalue weighted by atomic mass is 16.5. The van der Waals surface area contributed by atoms with Crippen molar-refractivity contribution < 1.29 is 18.7 Å². The van der Waals surface area contributed by atoms with Crippen molar-refractivity contribution in [2.24, 2.45) is 0 Å². The van der Waals surface area contributed by atoms with Gasteiger partial charge < -0.3 is 13.9 Å². The Morgan fingerprint density at radius 2 is 1.89 bits per heavy atom. The Labute approximate surface area is 166 Å². The van der Waals surface area contributed by atoms with Crippen molar-refractivity contribution in [3.8, 4) is 5.75 Å². The number of rotatable bonds is 8. The molecule has 4 heteroatoms. The van der Waals surface area contributed by atoms with Gasteiger partial charge in [-0.15, -0.1) is 0 Å². The number of fused-ring (bicyclic) bond motifs is 1. The van der Waals surface area contributed by atoms with Gasteiger partial charge in [-0.1, -0.05) is 39.0 Å². The molecule has 1 aromatic heterocycles. The molecule has 0 bridgehead atoms.